The third kappa shape index (κ3) is 3.96. The maximum absolute atomic E-state index is 8.62. The lowest BCUT2D eigenvalue weighted by molar-refractivity contribution is -0.704. The molecule has 0 aliphatic heterocycles. The van der Waals surface area contributed by atoms with Gasteiger partial charge in [0.05, 0.1) is 6.21 Å². The molecule has 0 saturated carbocycles. The first kappa shape index (κ1) is 16.7. The summed E-state index contributed by atoms with van der Waals surface area (Å²) < 4.78 is 2.15. The fraction of sp³-hybridized carbons (Fsp3) is 0.0526. The number of halogens is 1. The van der Waals surface area contributed by atoms with Crippen LogP contribution in [0.25, 0.3) is 0 Å². The molecular weight excluding hydrogens is 308 g/mol. The number of pyridine rings is 1. The number of aromatic nitrogens is 1. The van der Waals surface area contributed by atoms with Gasteiger partial charge in [-0.15, -0.1) is 0 Å². The molecule has 0 bridgehead atoms. The molecule has 4 heteroatoms. The van der Waals surface area contributed by atoms with E-state index in [4.69, 9.17) is 5.21 Å². The highest BCUT2D eigenvalue weighted by atomic mass is 35.5. The van der Waals surface area contributed by atoms with Gasteiger partial charge in [0.15, 0.2) is 12.4 Å². The Bertz CT molecular complexity index is 704. The number of rotatable bonds is 4. The first-order valence-electron chi connectivity index (χ1n) is 7.16. The molecule has 1 aromatic heterocycles. The molecule has 0 amide bonds. The van der Waals surface area contributed by atoms with Crippen LogP contribution in [0, 0.1) is 0 Å². The molecule has 0 unspecified atom stereocenters. The van der Waals surface area contributed by atoms with Crippen molar-refractivity contribution in [2.75, 3.05) is 0 Å². The number of benzene rings is 2. The smallest absolute Gasteiger partial charge is 0.208 e. The Morgan fingerprint density at radius 3 is 1.70 bits per heavy atom. The van der Waals surface area contributed by atoms with Gasteiger partial charge in [0, 0.05) is 28.8 Å². The molecule has 0 atom stereocenters. The molecule has 0 saturated heterocycles. The van der Waals surface area contributed by atoms with Crippen molar-refractivity contribution >= 4 is 6.21 Å². The molecule has 0 aliphatic rings. The van der Waals surface area contributed by atoms with Gasteiger partial charge < -0.3 is 17.6 Å². The van der Waals surface area contributed by atoms with Gasteiger partial charge in [0.2, 0.25) is 6.04 Å². The average molecular weight is 325 g/mol. The van der Waals surface area contributed by atoms with E-state index in [2.05, 4.69) is 58.3 Å². The molecule has 0 radical (unpaired) electrons. The van der Waals surface area contributed by atoms with Gasteiger partial charge in [-0.3, -0.25) is 0 Å². The summed E-state index contributed by atoms with van der Waals surface area (Å²) in [5, 5.41) is 11.7. The van der Waals surface area contributed by atoms with E-state index in [1.54, 1.807) is 0 Å². The van der Waals surface area contributed by atoms with Gasteiger partial charge in [0.25, 0.3) is 0 Å². The largest absolute Gasteiger partial charge is 1.00 e. The summed E-state index contributed by atoms with van der Waals surface area (Å²) in [6, 6.07) is 24.8. The van der Waals surface area contributed by atoms with E-state index in [9.17, 15) is 0 Å². The summed E-state index contributed by atoms with van der Waals surface area (Å²) in [6.07, 6.45) is 5.42. The second kappa shape index (κ2) is 8.11. The Morgan fingerprint density at radius 2 is 1.26 bits per heavy atom. The van der Waals surface area contributed by atoms with E-state index in [0.717, 1.165) is 5.56 Å². The summed E-state index contributed by atoms with van der Waals surface area (Å²) in [6.45, 7) is 0. The molecule has 3 rings (SSSR count). The lowest BCUT2D eigenvalue weighted by atomic mass is 9.98. The molecule has 3 nitrogen and oxygen atoms in total. The van der Waals surface area contributed by atoms with Crippen LogP contribution in [0.3, 0.4) is 0 Å². The van der Waals surface area contributed by atoms with E-state index in [-0.39, 0.29) is 18.4 Å². The molecule has 0 aliphatic carbocycles. The fourth-order valence-electron chi connectivity index (χ4n) is 2.58. The number of hydrogen-bond donors (Lipinski definition) is 1. The quantitative estimate of drug-likeness (QED) is 0.321. The van der Waals surface area contributed by atoms with Gasteiger partial charge >= 0.3 is 0 Å². The van der Waals surface area contributed by atoms with E-state index in [1.165, 1.54) is 17.3 Å². The monoisotopic (exact) mass is 324 g/mol. The van der Waals surface area contributed by atoms with E-state index < -0.39 is 0 Å². The molecule has 23 heavy (non-hydrogen) atoms. The second-order valence-corrected chi connectivity index (χ2v) is 5.05. The molecule has 3 aromatic rings. The van der Waals surface area contributed by atoms with Crippen molar-refractivity contribution in [3.63, 3.8) is 0 Å². The van der Waals surface area contributed by atoms with Gasteiger partial charge in [-0.2, -0.15) is 4.57 Å². The van der Waals surface area contributed by atoms with Crippen LogP contribution in [0.15, 0.2) is 90.3 Å². The molecule has 1 heterocycles. The van der Waals surface area contributed by atoms with Gasteiger partial charge in [-0.05, 0) is 0 Å². The van der Waals surface area contributed by atoms with Crippen LogP contribution in [0.5, 0.6) is 0 Å². The lowest BCUT2D eigenvalue weighted by Gasteiger charge is -2.13. The first-order chi connectivity index (χ1) is 10.9. The van der Waals surface area contributed by atoms with Gasteiger partial charge in [-0.1, -0.05) is 65.8 Å². The van der Waals surface area contributed by atoms with Crippen LogP contribution < -0.4 is 17.0 Å². The average Bonchev–Trinajstić information content (AvgIpc) is 2.59. The predicted molar refractivity (Wildman–Crippen MR) is 86.1 cm³/mol. The minimum atomic E-state index is 0. The molecule has 0 fully saturated rings. The Balaban J connectivity index is 0.00000192. The second-order valence-electron chi connectivity index (χ2n) is 5.05. The number of oxime groups is 1. The minimum Gasteiger partial charge on any atom is -1.00 e. The van der Waals surface area contributed by atoms with Crippen molar-refractivity contribution in [2.45, 2.75) is 6.04 Å². The summed E-state index contributed by atoms with van der Waals surface area (Å²) in [7, 11) is 0. The van der Waals surface area contributed by atoms with Gasteiger partial charge in [0.1, 0.15) is 0 Å². The SMILES string of the molecule is O/N=C/c1cc[n+](C(c2ccccc2)c2ccccc2)cc1.[Cl-]. The molecule has 0 spiro atoms. The standard InChI is InChI=1S/C19H16N2O.ClH/c22-20-15-16-11-13-21(14-12-16)19(17-7-3-1-4-8-17)18-9-5-2-6-10-18;/h1-15,19H;1H. The normalized spacial score (nSPS) is 10.7. The maximum Gasteiger partial charge on any atom is 0.208 e. The highest BCUT2D eigenvalue weighted by Crippen LogP contribution is 2.21. The zero-order chi connectivity index (χ0) is 15.2. The third-order valence-corrected chi connectivity index (χ3v) is 3.61. The van der Waals surface area contributed by atoms with E-state index >= 15 is 0 Å². The maximum atomic E-state index is 8.62. The summed E-state index contributed by atoms with van der Waals surface area (Å²) in [5.74, 6) is 0. The highest BCUT2D eigenvalue weighted by Gasteiger charge is 2.22. The van der Waals surface area contributed by atoms with Crippen molar-refractivity contribution in [3.8, 4) is 0 Å². The Morgan fingerprint density at radius 1 is 0.783 bits per heavy atom. The zero-order valence-electron chi connectivity index (χ0n) is 12.5. The van der Waals surface area contributed by atoms with Crippen molar-refractivity contribution in [3.05, 3.63) is 102 Å². The van der Waals surface area contributed by atoms with Crippen molar-refractivity contribution in [1.82, 2.24) is 0 Å². The number of hydrogen-bond acceptors (Lipinski definition) is 2. The summed E-state index contributed by atoms with van der Waals surface area (Å²) in [5.41, 5.74) is 3.31. The van der Waals surface area contributed by atoms with Crippen molar-refractivity contribution in [2.24, 2.45) is 5.16 Å². The summed E-state index contributed by atoms with van der Waals surface area (Å²) >= 11 is 0. The Hall–Kier alpha value is -2.65. The summed E-state index contributed by atoms with van der Waals surface area (Å²) in [4.78, 5) is 0. The van der Waals surface area contributed by atoms with Crippen LogP contribution in [-0.2, 0) is 0 Å². The topological polar surface area (TPSA) is 36.5 Å². The molecule has 1 N–H and O–H groups in total. The zero-order valence-corrected chi connectivity index (χ0v) is 13.2. The van der Waals surface area contributed by atoms with Crippen molar-refractivity contribution in [1.29, 1.82) is 0 Å². The molecule has 2 aromatic carbocycles. The molecular formula is C19H17ClN2O. The van der Waals surface area contributed by atoms with E-state index in [0.29, 0.717) is 0 Å². The Labute approximate surface area is 142 Å². The third-order valence-electron chi connectivity index (χ3n) is 3.61. The number of nitrogens with zero attached hydrogens (tertiary/aromatic N) is 2. The fourth-order valence-corrected chi connectivity index (χ4v) is 2.58. The van der Waals surface area contributed by atoms with Crippen molar-refractivity contribution < 1.29 is 22.2 Å². The lowest BCUT2D eigenvalue weighted by Crippen LogP contribution is -3.00. The van der Waals surface area contributed by atoms with Crippen LogP contribution in [0.2, 0.25) is 0 Å². The van der Waals surface area contributed by atoms with Gasteiger partial charge in [-0.25, -0.2) is 0 Å². The van der Waals surface area contributed by atoms with Crippen LogP contribution in [-0.4, -0.2) is 11.4 Å². The van der Waals surface area contributed by atoms with Crippen LogP contribution in [0.4, 0.5) is 0 Å². The predicted octanol–water partition coefficient (Wildman–Crippen LogP) is 0.424. The first-order valence-corrected chi connectivity index (χ1v) is 7.16. The minimum absolute atomic E-state index is 0. The van der Waals surface area contributed by atoms with E-state index in [1.807, 2.05) is 36.7 Å². The van der Waals surface area contributed by atoms with Crippen LogP contribution in [0.1, 0.15) is 22.7 Å². The van der Waals surface area contributed by atoms with Crippen LogP contribution >= 0.6 is 0 Å². The molecule has 116 valence electrons. The highest BCUT2D eigenvalue weighted by molar-refractivity contribution is 5.78. The Kier molecular flexibility index (Phi) is 5.89.